The number of aliphatic carboxylic acids is 1. The molecule has 2 N–H and O–H groups in total. The fourth-order valence-corrected chi connectivity index (χ4v) is 3.25. The Morgan fingerprint density at radius 2 is 2.05 bits per heavy atom. The molecule has 0 radical (unpaired) electrons. The van der Waals surface area contributed by atoms with Gasteiger partial charge in [0, 0.05) is 22.8 Å². The van der Waals surface area contributed by atoms with Crippen molar-refractivity contribution in [3.63, 3.8) is 0 Å². The molecule has 1 aliphatic rings. The van der Waals surface area contributed by atoms with Crippen LogP contribution >= 0.6 is 15.9 Å². The van der Waals surface area contributed by atoms with Gasteiger partial charge in [-0.25, -0.2) is 0 Å². The average Bonchev–Trinajstić information content (AvgIpc) is 2.97. The summed E-state index contributed by atoms with van der Waals surface area (Å²) in [4.78, 5) is 23.5. The number of hydrogen-bond acceptors (Lipinski definition) is 3. The van der Waals surface area contributed by atoms with Gasteiger partial charge in [0.05, 0.1) is 18.4 Å². The standard InChI is InChI=1S/C15H18BrNO4/c1-15(2)11(12(15)14(19)20)13(18)17-10-6-4-5-9(16)8(10)7-21-3/h4-6,11-12H,7H2,1-3H3,(H,17,18)(H,19,20). The molecule has 0 aliphatic heterocycles. The second kappa shape index (κ2) is 5.77. The van der Waals surface area contributed by atoms with Crippen LogP contribution in [0.2, 0.25) is 0 Å². The van der Waals surface area contributed by atoms with E-state index >= 15 is 0 Å². The van der Waals surface area contributed by atoms with Crippen LogP contribution in [-0.4, -0.2) is 24.1 Å². The van der Waals surface area contributed by atoms with E-state index in [1.54, 1.807) is 27.0 Å². The first-order valence-corrected chi connectivity index (χ1v) is 7.40. The molecule has 2 atom stereocenters. The van der Waals surface area contributed by atoms with Crippen molar-refractivity contribution in [1.29, 1.82) is 0 Å². The minimum atomic E-state index is -0.925. The number of hydrogen-bond donors (Lipinski definition) is 2. The molecule has 6 heteroatoms. The summed E-state index contributed by atoms with van der Waals surface area (Å²) in [5.74, 6) is -2.32. The van der Waals surface area contributed by atoms with Gasteiger partial charge in [-0.3, -0.25) is 9.59 Å². The van der Waals surface area contributed by atoms with Gasteiger partial charge in [-0.2, -0.15) is 0 Å². The first-order chi connectivity index (χ1) is 9.80. The smallest absolute Gasteiger partial charge is 0.307 e. The van der Waals surface area contributed by atoms with Crippen LogP contribution in [0.4, 0.5) is 5.69 Å². The number of carboxylic acids is 1. The van der Waals surface area contributed by atoms with Crippen molar-refractivity contribution < 1.29 is 19.4 Å². The number of halogens is 1. The van der Waals surface area contributed by atoms with Crippen LogP contribution in [0.5, 0.6) is 0 Å². The highest BCUT2D eigenvalue weighted by molar-refractivity contribution is 9.10. The summed E-state index contributed by atoms with van der Waals surface area (Å²) >= 11 is 3.42. The molecular weight excluding hydrogens is 338 g/mol. The molecule has 1 aliphatic carbocycles. The predicted octanol–water partition coefficient (Wildman–Crippen LogP) is 2.89. The van der Waals surface area contributed by atoms with Gasteiger partial charge in [0.25, 0.3) is 0 Å². The molecular formula is C15H18BrNO4. The lowest BCUT2D eigenvalue weighted by molar-refractivity contribution is -0.140. The lowest BCUT2D eigenvalue weighted by atomic mass is 10.1. The van der Waals surface area contributed by atoms with Crippen LogP contribution in [0.1, 0.15) is 19.4 Å². The lowest BCUT2D eigenvalue weighted by Crippen LogP contribution is -2.19. The molecule has 0 spiro atoms. The largest absolute Gasteiger partial charge is 0.481 e. The number of ether oxygens (including phenoxy) is 1. The van der Waals surface area contributed by atoms with Crippen molar-refractivity contribution in [1.82, 2.24) is 0 Å². The maximum Gasteiger partial charge on any atom is 0.307 e. The van der Waals surface area contributed by atoms with Crippen molar-refractivity contribution in [3.8, 4) is 0 Å². The molecule has 0 aromatic heterocycles. The lowest BCUT2D eigenvalue weighted by Gasteiger charge is -2.12. The third-order valence-electron chi connectivity index (χ3n) is 4.04. The van der Waals surface area contributed by atoms with Crippen LogP contribution in [0, 0.1) is 17.3 Å². The second-order valence-electron chi connectivity index (χ2n) is 5.80. The van der Waals surface area contributed by atoms with Crippen molar-refractivity contribution >= 4 is 33.5 Å². The highest BCUT2D eigenvalue weighted by Gasteiger charge is 2.65. The molecule has 21 heavy (non-hydrogen) atoms. The maximum atomic E-state index is 12.3. The molecule has 5 nitrogen and oxygen atoms in total. The quantitative estimate of drug-likeness (QED) is 0.851. The molecule has 114 valence electrons. The topological polar surface area (TPSA) is 75.6 Å². The van der Waals surface area contributed by atoms with Gasteiger partial charge >= 0.3 is 5.97 Å². The highest BCUT2D eigenvalue weighted by Crippen LogP contribution is 2.58. The zero-order valence-electron chi connectivity index (χ0n) is 12.1. The summed E-state index contributed by atoms with van der Waals surface area (Å²) < 4.78 is 5.97. The van der Waals surface area contributed by atoms with Crippen LogP contribution in [-0.2, 0) is 20.9 Å². The third-order valence-corrected chi connectivity index (χ3v) is 4.78. The molecule has 0 saturated heterocycles. The molecule has 1 aromatic carbocycles. The summed E-state index contributed by atoms with van der Waals surface area (Å²) in [7, 11) is 1.58. The van der Waals surface area contributed by atoms with Gasteiger partial charge in [-0.1, -0.05) is 35.8 Å². The Labute approximate surface area is 131 Å². The van der Waals surface area contributed by atoms with E-state index in [2.05, 4.69) is 21.2 Å². The molecule has 1 saturated carbocycles. The number of carbonyl (C=O) groups excluding carboxylic acids is 1. The fourth-order valence-electron chi connectivity index (χ4n) is 2.77. The first kappa shape index (κ1) is 16.0. The Bertz CT molecular complexity index is 585. The number of nitrogens with one attached hydrogen (secondary N) is 1. The van der Waals surface area contributed by atoms with Crippen LogP contribution in [0.15, 0.2) is 22.7 Å². The highest BCUT2D eigenvalue weighted by atomic mass is 79.9. The van der Waals surface area contributed by atoms with E-state index in [4.69, 9.17) is 9.84 Å². The van der Waals surface area contributed by atoms with Crippen LogP contribution in [0.3, 0.4) is 0 Å². The Morgan fingerprint density at radius 1 is 1.38 bits per heavy atom. The Hall–Kier alpha value is -1.40. The summed E-state index contributed by atoms with van der Waals surface area (Å²) in [6.45, 7) is 3.95. The molecule has 1 fully saturated rings. The number of benzene rings is 1. The molecule has 0 bridgehead atoms. The third kappa shape index (κ3) is 2.96. The molecule has 0 heterocycles. The van der Waals surface area contributed by atoms with Gasteiger partial charge in [0.15, 0.2) is 0 Å². The van der Waals surface area contributed by atoms with E-state index in [0.29, 0.717) is 12.3 Å². The van der Waals surface area contributed by atoms with Crippen molar-refractivity contribution in [2.24, 2.45) is 17.3 Å². The SMILES string of the molecule is COCc1c(Br)cccc1NC(=O)C1C(C(=O)O)C1(C)C. The summed E-state index contributed by atoms with van der Waals surface area (Å²) in [6, 6.07) is 5.46. The first-order valence-electron chi connectivity index (χ1n) is 6.60. The molecule has 1 amide bonds. The van der Waals surface area contributed by atoms with Crippen molar-refractivity contribution in [3.05, 3.63) is 28.2 Å². The maximum absolute atomic E-state index is 12.3. The number of methoxy groups -OCH3 is 1. The summed E-state index contributed by atoms with van der Waals surface area (Å²) in [5.41, 5.74) is 0.963. The number of amides is 1. The zero-order valence-corrected chi connectivity index (χ0v) is 13.7. The summed E-state index contributed by atoms with van der Waals surface area (Å²) in [6.07, 6.45) is 0. The minimum absolute atomic E-state index is 0.261. The van der Waals surface area contributed by atoms with E-state index in [9.17, 15) is 9.59 Å². The number of rotatable bonds is 5. The van der Waals surface area contributed by atoms with E-state index in [1.807, 2.05) is 12.1 Å². The van der Waals surface area contributed by atoms with Gasteiger partial charge in [0.1, 0.15) is 0 Å². The number of carbonyl (C=O) groups is 2. The van der Waals surface area contributed by atoms with Crippen molar-refractivity contribution in [2.45, 2.75) is 20.5 Å². The van der Waals surface area contributed by atoms with E-state index < -0.39 is 23.2 Å². The second-order valence-corrected chi connectivity index (χ2v) is 6.66. The Balaban J connectivity index is 2.18. The normalized spacial score (nSPS) is 22.7. The number of anilines is 1. The van der Waals surface area contributed by atoms with Gasteiger partial charge in [-0.15, -0.1) is 0 Å². The van der Waals surface area contributed by atoms with Crippen molar-refractivity contribution in [2.75, 3.05) is 12.4 Å². The van der Waals surface area contributed by atoms with Gasteiger partial charge in [-0.05, 0) is 17.5 Å². The van der Waals surface area contributed by atoms with Gasteiger partial charge in [0.2, 0.25) is 5.91 Å². The Morgan fingerprint density at radius 3 is 2.57 bits per heavy atom. The number of carboxylic acid groups (broad SMARTS) is 1. The summed E-state index contributed by atoms with van der Waals surface area (Å²) in [5, 5.41) is 12.0. The van der Waals surface area contributed by atoms with E-state index in [1.165, 1.54) is 0 Å². The fraction of sp³-hybridized carbons (Fsp3) is 0.467. The Kier molecular flexibility index (Phi) is 4.39. The van der Waals surface area contributed by atoms with E-state index in [0.717, 1.165) is 10.0 Å². The van der Waals surface area contributed by atoms with Crippen LogP contribution < -0.4 is 5.32 Å². The average molecular weight is 356 g/mol. The predicted molar refractivity (Wildman–Crippen MR) is 81.9 cm³/mol. The van der Waals surface area contributed by atoms with Gasteiger partial charge < -0.3 is 15.2 Å². The molecule has 1 aromatic rings. The molecule has 2 unspecified atom stereocenters. The monoisotopic (exact) mass is 355 g/mol. The zero-order chi connectivity index (χ0) is 15.8. The van der Waals surface area contributed by atoms with Crippen LogP contribution in [0.25, 0.3) is 0 Å². The molecule has 2 rings (SSSR count). The van der Waals surface area contributed by atoms with E-state index in [-0.39, 0.29) is 5.91 Å². The minimum Gasteiger partial charge on any atom is -0.481 e.